The van der Waals surface area contributed by atoms with Crippen LogP contribution in [0.2, 0.25) is 0 Å². The van der Waals surface area contributed by atoms with E-state index < -0.39 is 0 Å². The van der Waals surface area contributed by atoms with Crippen LogP contribution in [0.4, 0.5) is 5.69 Å². The number of fused-ring (bicyclic) bond motifs is 1. The van der Waals surface area contributed by atoms with E-state index in [1.54, 1.807) is 6.20 Å². The molecule has 0 spiro atoms. The first-order chi connectivity index (χ1) is 15.5. The van der Waals surface area contributed by atoms with Crippen LogP contribution in [0.3, 0.4) is 0 Å². The molecule has 1 N–H and O–H groups in total. The average Bonchev–Trinajstić information content (AvgIpc) is 3.26. The third kappa shape index (κ3) is 5.04. The molecule has 1 saturated heterocycles. The van der Waals surface area contributed by atoms with Crippen LogP contribution >= 0.6 is 0 Å². The first kappa shape index (κ1) is 21.7. The van der Waals surface area contributed by atoms with Gasteiger partial charge in [-0.25, -0.2) is 0 Å². The van der Waals surface area contributed by atoms with Crippen molar-refractivity contribution in [3.8, 4) is 17.6 Å². The van der Waals surface area contributed by atoms with E-state index in [1.807, 2.05) is 41.3 Å². The van der Waals surface area contributed by atoms with Crippen molar-refractivity contribution >= 4 is 11.6 Å². The Labute approximate surface area is 188 Å². The van der Waals surface area contributed by atoms with E-state index in [-0.39, 0.29) is 24.2 Å². The van der Waals surface area contributed by atoms with Gasteiger partial charge in [-0.15, -0.1) is 0 Å². The fraction of sp³-hybridized carbons (Fsp3) is 0.360. The predicted octanol–water partition coefficient (Wildman–Crippen LogP) is 3.70. The van der Waals surface area contributed by atoms with Gasteiger partial charge in [0.15, 0.2) is 11.5 Å². The van der Waals surface area contributed by atoms with Gasteiger partial charge in [-0.1, -0.05) is 38.1 Å². The Bertz CT molecular complexity index is 1050. The lowest BCUT2D eigenvalue weighted by atomic mass is 10.0. The highest BCUT2D eigenvalue weighted by atomic mass is 16.7. The molecule has 32 heavy (non-hydrogen) atoms. The van der Waals surface area contributed by atoms with Crippen LogP contribution in [-0.2, 0) is 11.3 Å². The summed E-state index contributed by atoms with van der Waals surface area (Å²) in [4.78, 5) is 17.1. The minimum Gasteiger partial charge on any atom is -0.454 e. The summed E-state index contributed by atoms with van der Waals surface area (Å²) in [6, 6.07) is 15.8. The van der Waals surface area contributed by atoms with E-state index in [2.05, 4.69) is 36.2 Å². The summed E-state index contributed by atoms with van der Waals surface area (Å²) in [5, 5.41) is 12.5. The van der Waals surface area contributed by atoms with Gasteiger partial charge in [0.25, 0.3) is 5.91 Å². The van der Waals surface area contributed by atoms with Crippen molar-refractivity contribution in [3.05, 3.63) is 65.4 Å². The van der Waals surface area contributed by atoms with Gasteiger partial charge in [0, 0.05) is 44.6 Å². The van der Waals surface area contributed by atoms with Crippen LogP contribution in [-0.4, -0.2) is 48.7 Å². The molecule has 0 aromatic heterocycles. The second kappa shape index (κ2) is 9.75. The summed E-state index contributed by atoms with van der Waals surface area (Å²) >= 11 is 0. The summed E-state index contributed by atoms with van der Waals surface area (Å²) < 4.78 is 10.8. The van der Waals surface area contributed by atoms with Crippen LogP contribution in [0, 0.1) is 11.3 Å². The largest absolute Gasteiger partial charge is 0.454 e. The number of carbonyl (C=O) groups is 1. The normalized spacial score (nSPS) is 16.2. The zero-order valence-electron chi connectivity index (χ0n) is 18.5. The van der Waals surface area contributed by atoms with Gasteiger partial charge in [-0.05, 0) is 35.2 Å². The number of carbonyl (C=O) groups excluding carboxylic acids is 1. The molecule has 166 valence electrons. The highest BCUT2D eigenvalue weighted by Crippen LogP contribution is 2.33. The molecule has 0 aliphatic carbocycles. The quantitative estimate of drug-likeness (QED) is 0.554. The third-order valence-electron chi connectivity index (χ3n) is 5.76. The lowest BCUT2D eigenvalue weighted by molar-refractivity contribution is -0.112. The Hall–Kier alpha value is -3.50. The van der Waals surface area contributed by atoms with E-state index >= 15 is 0 Å². The summed E-state index contributed by atoms with van der Waals surface area (Å²) in [5.41, 5.74) is 3.10. The molecule has 2 heterocycles. The molecule has 2 aliphatic rings. The van der Waals surface area contributed by atoms with E-state index in [9.17, 15) is 10.1 Å². The summed E-state index contributed by atoms with van der Waals surface area (Å²) in [7, 11) is 0. The summed E-state index contributed by atoms with van der Waals surface area (Å²) in [5.74, 6) is 1.50. The molecule has 0 atom stereocenters. The second-order valence-corrected chi connectivity index (χ2v) is 8.35. The van der Waals surface area contributed by atoms with E-state index in [0.717, 1.165) is 55.5 Å². The number of nitrogens with zero attached hydrogens (tertiary/aromatic N) is 3. The molecular weight excluding hydrogens is 404 g/mol. The lowest BCUT2D eigenvalue weighted by Gasteiger charge is -2.34. The average molecular weight is 433 g/mol. The van der Waals surface area contributed by atoms with Gasteiger partial charge in [0.1, 0.15) is 11.6 Å². The number of amides is 1. The van der Waals surface area contributed by atoms with Crippen LogP contribution in [0.15, 0.2) is 54.2 Å². The fourth-order valence-electron chi connectivity index (χ4n) is 3.97. The van der Waals surface area contributed by atoms with Crippen LogP contribution in [0.25, 0.3) is 0 Å². The molecule has 0 saturated carbocycles. The summed E-state index contributed by atoms with van der Waals surface area (Å²) in [6.45, 7) is 8.47. The summed E-state index contributed by atoms with van der Waals surface area (Å²) in [6.07, 6.45) is 1.69. The van der Waals surface area contributed by atoms with Gasteiger partial charge >= 0.3 is 0 Å². The number of nitriles is 1. The Morgan fingerprint density at radius 3 is 2.62 bits per heavy atom. The van der Waals surface area contributed by atoms with Crippen LogP contribution in [0.5, 0.6) is 11.5 Å². The SMILES string of the molecule is CC(C)c1ccccc1NC(=O)/C(C#N)=C\N1CCN(Cc2ccc3c(c2)OCO3)CC1. The number of nitrogens with one attached hydrogen (secondary N) is 1. The minimum atomic E-state index is -0.372. The number of hydrogen-bond donors (Lipinski definition) is 1. The highest BCUT2D eigenvalue weighted by Gasteiger charge is 2.20. The molecule has 2 aliphatic heterocycles. The molecule has 7 nitrogen and oxygen atoms in total. The minimum absolute atomic E-state index is 0.118. The Kier molecular flexibility index (Phi) is 6.62. The van der Waals surface area contributed by atoms with Gasteiger partial charge in [0.05, 0.1) is 0 Å². The standard InChI is InChI=1S/C25H28N4O3/c1-18(2)21-5-3-4-6-22(21)27-25(30)20(14-26)16-29-11-9-28(10-12-29)15-19-7-8-23-24(13-19)32-17-31-23/h3-8,13,16,18H,9-12,15,17H2,1-2H3,(H,27,30)/b20-16-. The van der Waals surface area contributed by atoms with Gasteiger partial charge in [-0.3, -0.25) is 9.69 Å². The van der Waals surface area contributed by atoms with Gasteiger partial charge < -0.3 is 19.7 Å². The maximum atomic E-state index is 12.7. The van der Waals surface area contributed by atoms with Gasteiger partial charge in [-0.2, -0.15) is 5.26 Å². The second-order valence-electron chi connectivity index (χ2n) is 8.35. The molecule has 7 heteroatoms. The monoisotopic (exact) mass is 432 g/mol. The molecule has 1 fully saturated rings. The first-order valence-corrected chi connectivity index (χ1v) is 10.9. The van der Waals surface area contributed by atoms with Crippen molar-refractivity contribution in [2.24, 2.45) is 0 Å². The molecule has 2 aromatic carbocycles. The molecule has 0 radical (unpaired) electrons. The van der Waals surface area contributed by atoms with E-state index in [1.165, 1.54) is 5.56 Å². The van der Waals surface area contributed by atoms with E-state index in [0.29, 0.717) is 0 Å². The molecule has 0 bridgehead atoms. The molecule has 2 aromatic rings. The highest BCUT2D eigenvalue weighted by molar-refractivity contribution is 6.06. The smallest absolute Gasteiger partial charge is 0.267 e. The number of anilines is 1. The van der Waals surface area contributed by atoms with Crippen molar-refractivity contribution < 1.29 is 14.3 Å². The zero-order chi connectivity index (χ0) is 22.5. The van der Waals surface area contributed by atoms with Crippen molar-refractivity contribution in [3.63, 3.8) is 0 Å². The third-order valence-corrected chi connectivity index (χ3v) is 5.76. The molecular formula is C25H28N4O3. The van der Waals surface area contributed by atoms with Gasteiger partial charge in [0.2, 0.25) is 6.79 Å². The molecule has 4 rings (SSSR count). The molecule has 1 amide bonds. The number of piperazine rings is 1. The number of para-hydroxylation sites is 1. The predicted molar refractivity (Wildman–Crippen MR) is 122 cm³/mol. The lowest BCUT2D eigenvalue weighted by Crippen LogP contribution is -2.43. The van der Waals surface area contributed by atoms with Crippen LogP contribution < -0.4 is 14.8 Å². The Balaban J connectivity index is 1.34. The van der Waals surface area contributed by atoms with E-state index in [4.69, 9.17) is 9.47 Å². The Morgan fingerprint density at radius 1 is 1.12 bits per heavy atom. The number of rotatable bonds is 6. The van der Waals surface area contributed by atoms with Crippen molar-refractivity contribution in [1.29, 1.82) is 5.26 Å². The van der Waals surface area contributed by atoms with Crippen molar-refractivity contribution in [2.45, 2.75) is 26.3 Å². The first-order valence-electron chi connectivity index (χ1n) is 10.9. The van der Waals surface area contributed by atoms with Crippen molar-refractivity contribution in [2.75, 3.05) is 38.3 Å². The maximum Gasteiger partial charge on any atom is 0.267 e. The fourth-order valence-corrected chi connectivity index (χ4v) is 3.97. The number of hydrogen-bond acceptors (Lipinski definition) is 6. The number of benzene rings is 2. The topological polar surface area (TPSA) is 77.8 Å². The Morgan fingerprint density at radius 2 is 1.88 bits per heavy atom. The zero-order valence-corrected chi connectivity index (χ0v) is 18.5. The maximum absolute atomic E-state index is 12.7. The number of ether oxygens (including phenoxy) is 2. The molecule has 0 unspecified atom stereocenters. The van der Waals surface area contributed by atoms with Crippen LogP contribution in [0.1, 0.15) is 30.9 Å². The van der Waals surface area contributed by atoms with Crippen molar-refractivity contribution in [1.82, 2.24) is 9.80 Å².